The first-order valence-electron chi connectivity index (χ1n) is 9.47. The first-order chi connectivity index (χ1) is 12.8. The average Bonchev–Trinajstić information content (AvgIpc) is 2.97. The molecule has 2 aromatic rings. The summed E-state index contributed by atoms with van der Waals surface area (Å²) in [5.74, 6) is 0. The van der Waals surface area contributed by atoms with Gasteiger partial charge in [-0.3, -0.25) is 0 Å². The third kappa shape index (κ3) is 3.48. The number of nitrogens with one attached hydrogen (secondary N) is 1. The molecule has 2 aliphatic heterocycles. The second-order valence-electron chi connectivity index (χ2n) is 7.33. The number of urea groups is 1. The van der Waals surface area contributed by atoms with Crippen molar-refractivity contribution in [1.82, 2.24) is 10.2 Å². The standard InChI is InChI=1S/C22H26N2OS/c1-26-20-14-18-12-13-19(15-20)24(18)22(25)23-21(16-8-4-2-5-9-16)17-10-6-3-7-11-17/h2-11,18-21H,12-15H2,1H3,(H,23,25). The van der Waals surface area contributed by atoms with Crippen molar-refractivity contribution in [3.8, 4) is 0 Å². The van der Waals surface area contributed by atoms with Crippen LogP contribution in [0.5, 0.6) is 0 Å². The number of benzene rings is 2. The van der Waals surface area contributed by atoms with Crippen LogP contribution in [-0.4, -0.2) is 34.5 Å². The fourth-order valence-corrected chi connectivity index (χ4v) is 5.33. The molecule has 0 spiro atoms. The number of fused-ring (bicyclic) bond motifs is 2. The summed E-state index contributed by atoms with van der Waals surface area (Å²) in [5, 5.41) is 4.04. The number of amides is 2. The van der Waals surface area contributed by atoms with Gasteiger partial charge >= 0.3 is 6.03 Å². The quantitative estimate of drug-likeness (QED) is 0.839. The van der Waals surface area contributed by atoms with E-state index in [1.165, 1.54) is 0 Å². The highest BCUT2D eigenvalue weighted by Gasteiger charge is 2.43. The van der Waals surface area contributed by atoms with Crippen LogP contribution in [0.4, 0.5) is 4.79 Å². The van der Waals surface area contributed by atoms with Gasteiger partial charge in [0.25, 0.3) is 0 Å². The summed E-state index contributed by atoms with van der Waals surface area (Å²) in [4.78, 5) is 15.4. The lowest BCUT2D eigenvalue weighted by molar-refractivity contribution is 0.147. The van der Waals surface area contributed by atoms with E-state index in [1.807, 2.05) is 48.2 Å². The van der Waals surface area contributed by atoms with Crippen molar-refractivity contribution in [2.75, 3.05) is 6.26 Å². The van der Waals surface area contributed by atoms with Gasteiger partial charge in [-0.25, -0.2) is 4.79 Å². The number of hydrogen-bond donors (Lipinski definition) is 1. The van der Waals surface area contributed by atoms with E-state index >= 15 is 0 Å². The Morgan fingerprint density at radius 3 is 1.92 bits per heavy atom. The van der Waals surface area contributed by atoms with Crippen LogP contribution in [0.25, 0.3) is 0 Å². The molecule has 26 heavy (non-hydrogen) atoms. The highest BCUT2D eigenvalue weighted by molar-refractivity contribution is 7.99. The van der Waals surface area contributed by atoms with Crippen LogP contribution in [0.3, 0.4) is 0 Å². The Balaban J connectivity index is 1.56. The number of carbonyl (C=O) groups excluding carboxylic acids is 1. The summed E-state index contributed by atoms with van der Waals surface area (Å²) in [6, 6.07) is 21.3. The van der Waals surface area contributed by atoms with Crippen LogP contribution in [-0.2, 0) is 0 Å². The number of rotatable bonds is 4. The Kier molecular flexibility index (Phi) is 5.21. The monoisotopic (exact) mass is 366 g/mol. The lowest BCUT2D eigenvalue weighted by Gasteiger charge is -2.39. The van der Waals surface area contributed by atoms with E-state index in [4.69, 9.17) is 0 Å². The summed E-state index contributed by atoms with van der Waals surface area (Å²) in [7, 11) is 0. The average molecular weight is 367 g/mol. The zero-order valence-electron chi connectivity index (χ0n) is 15.2. The first-order valence-corrected chi connectivity index (χ1v) is 10.8. The van der Waals surface area contributed by atoms with Crippen molar-refractivity contribution in [2.45, 2.75) is 49.1 Å². The third-order valence-electron chi connectivity index (χ3n) is 5.79. The normalized spacial score (nSPS) is 24.7. The fourth-order valence-electron chi connectivity index (χ4n) is 4.50. The molecule has 1 N–H and O–H groups in total. The minimum atomic E-state index is -0.109. The molecule has 0 radical (unpaired) electrons. The van der Waals surface area contributed by atoms with Crippen molar-refractivity contribution < 1.29 is 4.79 Å². The van der Waals surface area contributed by atoms with Crippen LogP contribution >= 0.6 is 11.8 Å². The van der Waals surface area contributed by atoms with Crippen molar-refractivity contribution in [3.63, 3.8) is 0 Å². The van der Waals surface area contributed by atoms with E-state index in [9.17, 15) is 4.79 Å². The van der Waals surface area contributed by atoms with Crippen LogP contribution in [0.1, 0.15) is 42.9 Å². The van der Waals surface area contributed by atoms with Gasteiger partial charge in [0.15, 0.2) is 0 Å². The fraction of sp³-hybridized carbons (Fsp3) is 0.409. The molecule has 2 unspecified atom stereocenters. The SMILES string of the molecule is CSC1CC2CCC(C1)N2C(=O)NC(c1ccccc1)c1ccccc1. The highest BCUT2D eigenvalue weighted by Crippen LogP contribution is 2.39. The van der Waals surface area contributed by atoms with Crippen LogP contribution in [0.15, 0.2) is 60.7 Å². The lowest BCUT2D eigenvalue weighted by atomic mass is 9.98. The molecule has 2 amide bonds. The maximum absolute atomic E-state index is 13.2. The van der Waals surface area contributed by atoms with Crippen molar-refractivity contribution in [2.24, 2.45) is 0 Å². The van der Waals surface area contributed by atoms with E-state index in [0.717, 1.165) is 36.8 Å². The van der Waals surface area contributed by atoms with Gasteiger partial charge in [0.05, 0.1) is 6.04 Å². The van der Waals surface area contributed by atoms with Gasteiger partial charge in [0, 0.05) is 17.3 Å². The Labute approximate surface area is 160 Å². The maximum atomic E-state index is 13.2. The van der Waals surface area contributed by atoms with Gasteiger partial charge in [0.2, 0.25) is 0 Å². The van der Waals surface area contributed by atoms with E-state index in [0.29, 0.717) is 17.3 Å². The molecular formula is C22H26N2OS. The molecule has 2 bridgehead atoms. The number of thioether (sulfide) groups is 1. The summed E-state index contributed by atoms with van der Waals surface area (Å²) in [6.45, 7) is 0. The van der Waals surface area contributed by atoms with E-state index in [-0.39, 0.29) is 12.1 Å². The molecule has 2 aliphatic rings. The minimum Gasteiger partial charge on any atom is -0.327 e. The Morgan fingerprint density at radius 1 is 0.962 bits per heavy atom. The van der Waals surface area contributed by atoms with E-state index in [2.05, 4.69) is 40.7 Å². The molecule has 3 nitrogen and oxygen atoms in total. The molecule has 0 saturated carbocycles. The second-order valence-corrected chi connectivity index (χ2v) is 8.46. The summed E-state index contributed by atoms with van der Waals surface area (Å²) >= 11 is 1.96. The molecule has 2 aromatic carbocycles. The van der Waals surface area contributed by atoms with Gasteiger partial charge in [-0.15, -0.1) is 0 Å². The van der Waals surface area contributed by atoms with Crippen LogP contribution in [0, 0.1) is 0 Å². The first kappa shape index (κ1) is 17.5. The van der Waals surface area contributed by atoms with Crippen molar-refractivity contribution >= 4 is 17.8 Å². The number of piperidine rings is 1. The van der Waals surface area contributed by atoms with Crippen molar-refractivity contribution in [1.29, 1.82) is 0 Å². The molecule has 2 fully saturated rings. The van der Waals surface area contributed by atoms with Crippen LogP contribution in [0.2, 0.25) is 0 Å². The molecule has 4 heteroatoms. The number of nitrogens with zero attached hydrogens (tertiary/aromatic N) is 1. The molecule has 2 saturated heterocycles. The predicted octanol–water partition coefficient (Wildman–Crippen LogP) is 4.84. The smallest absolute Gasteiger partial charge is 0.318 e. The molecule has 4 rings (SSSR count). The summed E-state index contributed by atoms with van der Waals surface area (Å²) in [5.41, 5.74) is 2.25. The minimum absolute atomic E-state index is 0.0924. The molecule has 136 valence electrons. The largest absolute Gasteiger partial charge is 0.327 e. The molecule has 2 atom stereocenters. The zero-order valence-corrected chi connectivity index (χ0v) is 16.0. The topological polar surface area (TPSA) is 32.3 Å². The van der Waals surface area contributed by atoms with Gasteiger partial charge in [-0.05, 0) is 43.1 Å². The highest BCUT2D eigenvalue weighted by atomic mass is 32.2. The Bertz CT molecular complexity index is 683. The molecule has 0 aromatic heterocycles. The maximum Gasteiger partial charge on any atom is 0.318 e. The van der Waals surface area contributed by atoms with Gasteiger partial charge in [0.1, 0.15) is 0 Å². The summed E-state index contributed by atoms with van der Waals surface area (Å²) in [6.07, 6.45) is 6.76. The van der Waals surface area contributed by atoms with Gasteiger partial charge < -0.3 is 10.2 Å². The Morgan fingerprint density at radius 2 is 1.46 bits per heavy atom. The Hall–Kier alpha value is -1.94. The van der Waals surface area contributed by atoms with E-state index < -0.39 is 0 Å². The van der Waals surface area contributed by atoms with E-state index in [1.54, 1.807) is 0 Å². The number of hydrogen-bond acceptors (Lipinski definition) is 2. The molecular weight excluding hydrogens is 340 g/mol. The van der Waals surface area contributed by atoms with Crippen molar-refractivity contribution in [3.05, 3.63) is 71.8 Å². The van der Waals surface area contributed by atoms with Gasteiger partial charge in [-0.1, -0.05) is 60.7 Å². The zero-order chi connectivity index (χ0) is 17.9. The summed E-state index contributed by atoms with van der Waals surface area (Å²) < 4.78 is 0. The predicted molar refractivity (Wildman–Crippen MR) is 108 cm³/mol. The molecule has 0 aliphatic carbocycles. The lowest BCUT2D eigenvalue weighted by Crippen LogP contribution is -2.52. The van der Waals surface area contributed by atoms with Gasteiger partial charge in [-0.2, -0.15) is 11.8 Å². The van der Waals surface area contributed by atoms with Crippen LogP contribution < -0.4 is 5.32 Å². The molecule has 2 heterocycles. The third-order valence-corrected chi connectivity index (χ3v) is 6.84. The number of carbonyl (C=O) groups is 1. The second kappa shape index (κ2) is 7.75.